The number of hydrogen-bond acceptors (Lipinski definition) is 6. The first-order valence-electron chi connectivity index (χ1n) is 9.95. The van der Waals surface area contributed by atoms with Crippen molar-refractivity contribution in [3.05, 3.63) is 76.7 Å². The molecule has 2 N–H and O–H groups in total. The fourth-order valence-corrected chi connectivity index (χ4v) is 2.97. The van der Waals surface area contributed by atoms with E-state index in [1.807, 2.05) is 19.9 Å². The van der Waals surface area contributed by atoms with E-state index in [-0.39, 0.29) is 11.8 Å². The van der Waals surface area contributed by atoms with Crippen LogP contribution in [0.2, 0.25) is 0 Å². The Bertz CT molecular complexity index is 1110. The number of amides is 2. The first-order chi connectivity index (χ1) is 15.4. The Morgan fingerprint density at radius 3 is 2.47 bits per heavy atom. The highest BCUT2D eigenvalue weighted by molar-refractivity contribution is 6.02. The highest BCUT2D eigenvalue weighted by Gasteiger charge is 2.12. The first-order valence-corrected chi connectivity index (χ1v) is 9.95. The summed E-state index contributed by atoms with van der Waals surface area (Å²) in [4.78, 5) is 23.8. The van der Waals surface area contributed by atoms with Crippen LogP contribution in [0.3, 0.4) is 0 Å². The largest absolute Gasteiger partial charge is 0.493 e. The molecule has 32 heavy (non-hydrogen) atoms. The van der Waals surface area contributed by atoms with Crippen LogP contribution >= 0.6 is 0 Å². The maximum absolute atomic E-state index is 12.2. The highest BCUT2D eigenvalue weighted by atomic mass is 16.5. The Hall–Kier alpha value is -4.07. The summed E-state index contributed by atoms with van der Waals surface area (Å²) in [6.45, 7) is 4.01. The van der Waals surface area contributed by atoms with Crippen molar-refractivity contribution in [1.82, 2.24) is 10.5 Å². The normalized spacial score (nSPS) is 10.8. The van der Waals surface area contributed by atoms with E-state index in [9.17, 15) is 9.59 Å². The Kier molecular flexibility index (Phi) is 7.28. The molecule has 166 valence electrons. The van der Waals surface area contributed by atoms with Gasteiger partial charge >= 0.3 is 0 Å². The standard InChI is InChI=1S/C24H25N3O5/c1-15-20(16(2)32-27-15)14-31-21-11-5-17(13-22(21)30-4)6-12-23(28)26-19-9-7-18(8-10-19)24(29)25-3/h5-13H,14H2,1-4H3,(H,25,29)(H,26,28)/b12-6+. The predicted molar refractivity (Wildman–Crippen MR) is 121 cm³/mol. The Morgan fingerprint density at radius 2 is 1.84 bits per heavy atom. The average molecular weight is 435 g/mol. The van der Waals surface area contributed by atoms with Crippen LogP contribution < -0.4 is 20.1 Å². The Balaban J connectivity index is 1.62. The van der Waals surface area contributed by atoms with Crippen molar-refractivity contribution >= 4 is 23.6 Å². The number of ether oxygens (including phenoxy) is 2. The fraction of sp³-hybridized carbons (Fsp3) is 0.208. The number of nitrogens with one attached hydrogen (secondary N) is 2. The van der Waals surface area contributed by atoms with Gasteiger partial charge < -0.3 is 24.6 Å². The van der Waals surface area contributed by atoms with Crippen molar-refractivity contribution in [2.75, 3.05) is 19.5 Å². The molecule has 0 saturated heterocycles. The van der Waals surface area contributed by atoms with E-state index in [1.54, 1.807) is 56.6 Å². The van der Waals surface area contributed by atoms with Crippen molar-refractivity contribution < 1.29 is 23.6 Å². The van der Waals surface area contributed by atoms with Crippen molar-refractivity contribution in [1.29, 1.82) is 0 Å². The van der Waals surface area contributed by atoms with Gasteiger partial charge in [0.1, 0.15) is 12.4 Å². The van der Waals surface area contributed by atoms with Gasteiger partial charge in [-0.2, -0.15) is 0 Å². The van der Waals surface area contributed by atoms with Crippen molar-refractivity contribution in [2.45, 2.75) is 20.5 Å². The van der Waals surface area contributed by atoms with Crippen molar-refractivity contribution in [3.63, 3.8) is 0 Å². The van der Waals surface area contributed by atoms with E-state index in [1.165, 1.54) is 6.08 Å². The first kappa shape index (κ1) is 22.6. The van der Waals surface area contributed by atoms with Crippen LogP contribution in [-0.2, 0) is 11.4 Å². The number of rotatable bonds is 8. The molecule has 2 amide bonds. The third kappa shape index (κ3) is 5.54. The molecule has 0 unspecified atom stereocenters. The van der Waals surface area contributed by atoms with Gasteiger partial charge in [0.2, 0.25) is 5.91 Å². The van der Waals surface area contributed by atoms with Gasteiger partial charge in [0.05, 0.1) is 18.4 Å². The molecular formula is C24H25N3O5. The van der Waals surface area contributed by atoms with E-state index >= 15 is 0 Å². The summed E-state index contributed by atoms with van der Waals surface area (Å²) in [6.07, 6.45) is 3.10. The van der Waals surface area contributed by atoms with E-state index in [4.69, 9.17) is 14.0 Å². The number of methoxy groups -OCH3 is 1. The maximum Gasteiger partial charge on any atom is 0.251 e. The number of aromatic nitrogens is 1. The van der Waals surface area contributed by atoms with Gasteiger partial charge in [-0.25, -0.2) is 0 Å². The molecule has 0 radical (unpaired) electrons. The minimum Gasteiger partial charge on any atom is -0.493 e. The minimum absolute atomic E-state index is 0.184. The number of hydrogen-bond donors (Lipinski definition) is 2. The average Bonchev–Trinajstić information content (AvgIpc) is 3.13. The molecule has 0 saturated carbocycles. The SMILES string of the molecule is CNC(=O)c1ccc(NC(=O)/C=C/c2ccc(OCc3c(C)noc3C)c(OC)c2)cc1. The summed E-state index contributed by atoms with van der Waals surface area (Å²) in [5, 5.41) is 9.22. The molecule has 2 aromatic carbocycles. The Labute approximate surface area is 186 Å². The van der Waals surface area contributed by atoms with Crippen molar-refractivity contribution in [3.8, 4) is 11.5 Å². The second kappa shape index (κ2) is 10.3. The molecule has 0 atom stereocenters. The molecule has 0 aliphatic carbocycles. The van der Waals surface area contributed by atoms with E-state index in [0.29, 0.717) is 29.4 Å². The second-order valence-corrected chi connectivity index (χ2v) is 6.98. The number of benzene rings is 2. The molecule has 0 bridgehead atoms. The van der Waals surface area contributed by atoms with Crippen LogP contribution in [0.1, 0.15) is 32.9 Å². The lowest BCUT2D eigenvalue weighted by molar-refractivity contribution is -0.111. The van der Waals surface area contributed by atoms with Crippen molar-refractivity contribution in [2.24, 2.45) is 0 Å². The highest BCUT2D eigenvalue weighted by Crippen LogP contribution is 2.30. The predicted octanol–water partition coefficient (Wildman–Crippen LogP) is 3.89. The number of nitrogens with zero attached hydrogens (tertiary/aromatic N) is 1. The summed E-state index contributed by atoms with van der Waals surface area (Å²) in [7, 11) is 3.12. The van der Waals surface area contributed by atoms with Crippen LogP contribution in [0.15, 0.2) is 53.1 Å². The van der Waals surface area contributed by atoms with Crippen LogP contribution in [0, 0.1) is 13.8 Å². The summed E-state index contributed by atoms with van der Waals surface area (Å²) in [5.74, 6) is 1.36. The molecule has 0 fully saturated rings. The van der Waals surface area contributed by atoms with E-state index < -0.39 is 0 Å². The van der Waals surface area contributed by atoms with Gasteiger partial charge in [0.15, 0.2) is 11.5 Å². The number of carbonyl (C=O) groups is 2. The smallest absolute Gasteiger partial charge is 0.251 e. The second-order valence-electron chi connectivity index (χ2n) is 6.98. The lowest BCUT2D eigenvalue weighted by atomic mass is 10.1. The van der Waals surface area contributed by atoms with Gasteiger partial charge in [0.25, 0.3) is 5.91 Å². The van der Waals surface area contributed by atoms with Crippen LogP contribution in [-0.4, -0.2) is 31.1 Å². The Morgan fingerprint density at radius 1 is 1.09 bits per heavy atom. The lowest BCUT2D eigenvalue weighted by Crippen LogP contribution is -2.17. The number of carbonyl (C=O) groups excluding carboxylic acids is 2. The van der Waals surface area contributed by atoms with E-state index in [2.05, 4.69) is 15.8 Å². The van der Waals surface area contributed by atoms with Gasteiger partial charge in [-0.05, 0) is 61.9 Å². The molecule has 0 aliphatic heterocycles. The van der Waals surface area contributed by atoms with Gasteiger partial charge in [-0.1, -0.05) is 11.2 Å². The fourth-order valence-electron chi connectivity index (χ4n) is 2.97. The van der Waals surface area contributed by atoms with Crippen LogP contribution in [0.5, 0.6) is 11.5 Å². The van der Waals surface area contributed by atoms with Gasteiger partial charge in [0, 0.05) is 24.4 Å². The zero-order valence-electron chi connectivity index (χ0n) is 18.4. The van der Waals surface area contributed by atoms with Gasteiger partial charge in [-0.15, -0.1) is 0 Å². The van der Waals surface area contributed by atoms with Crippen LogP contribution in [0.25, 0.3) is 6.08 Å². The molecule has 8 nitrogen and oxygen atoms in total. The third-order valence-corrected chi connectivity index (χ3v) is 4.81. The molecule has 0 aliphatic rings. The number of aryl methyl sites for hydroxylation is 2. The van der Waals surface area contributed by atoms with Crippen LogP contribution in [0.4, 0.5) is 5.69 Å². The summed E-state index contributed by atoms with van der Waals surface area (Å²) in [5.41, 5.74) is 3.57. The topological polar surface area (TPSA) is 103 Å². The summed E-state index contributed by atoms with van der Waals surface area (Å²) < 4.78 is 16.5. The molecule has 1 heterocycles. The molecule has 1 aromatic heterocycles. The zero-order valence-corrected chi connectivity index (χ0v) is 18.4. The molecule has 3 aromatic rings. The molecule has 3 rings (SSSR count). The minimum atomic E-state index is -0.296. The molecular weight excluding hydrogens is 410 g/mol. The summed E-state index contributed by atoms with van der Waals surface area (Å²) >= 11 is 0. The molecule has 0 spiro atoms. The summed E-state index contributed by atoms with van der Waals surface area (Å²) in [6, 6.07) is 12.0. The maximum atomic E-state index is 12.2. The zero-order chi connectivity index (χ0) is 23.1. The quantitative estimate of drug-likeness (QED) is 0.521. The lowest BCUT2D eigenvalue weighted by Gasteiger charge is -2.11. The number of anilines is 1. The van der Waals surface area contributed by atoms with Gasteiger partial charge in [-0.3, -0.25) is 9.59 Å². The monoisotopic (exact) mass is 435 g/mol. The third-order valence-electron chi connectivity index (χ3n) is 4.81. The molecule has 8 heteroatoms. The van der Waals surface area contributed by atoms with E-state index in [0.717, 1.165) is 22.6 Å².